The van der Waals surface area contributed by atoms with Crippen molar-refractivity contribution in [2.24, 2.45) is 17.3 Å². The Morgan fingerprint density at radius 2 is 0.931 bits per heavy atom. The summed E-state index contributed by atoms with van der Waals surface area (Å²) in [7, 11) is 1.32. The van der Waals surface area contributed by atoms with Crippen LogP contribution in [-0.2, 0) is 38.2 Å². The van der Waals surface area contributed by atoms with E-state index in [0.29, 0.717) is 78.0 Å². The van der Waals surface area contributed by atoms with Gasteiger partial charge >= 0.3 is 5.97 Å². The maximum absolute atomic E-state index is 13.6. The fraction of sp³-hybridized carbons (Fsp3) is 0.917. The highest BCUT2D eigenvalue weighted by Crippen LogP contribution is 2.24. The molecule has 4 unspecified atom stereocenters. The van der Waals surface area contributed by atoms with Gasteiger partial charge in [-0.1, -0.05) is 195 Å². The molecule has 0 aromatic heterocycles. The summed E-state index contributed by atoms with van der Waals surface area (Å²) in [5.41, 5.74) is -0.816. The average Bonchev–Trinajstić information content (AvgIpc) is 3.36. The molecule has 0 heterocycles. The summed E-state index contributed by atoms with van der Waals surface area (Å²) in [6.07, 6.45) is 39.6. The lowest BCUT2D eigenvalue weighted by Crippen LogP contribution is -2.47. The average molecular weight is 1020 g/mol. The summed E-state index contributed by atoms with van der Waals surface area (Å²) in [4.78, 5) is 64.6. The number of carbonyl (C=O) groups is 5. The number of unbranched alkanes of at least 4 members (excludes halogenated alkanes) is 26. The molecule has 72 heavy (non-hydrogen) atoms. The van der Waals surface area contributed by atoms with Gasteiger partial charge in [0.05, 0.1) is 13.2 Å². The third kappa shape index (κ3) is 41.6. The topological polar surface area (TPSA) is 161 Å². The molecule has 12 heteroatoms. The van der Waals surface area contributed by atoms with E-state index in [-0.39, 0.29) is 41.6 Å². The van der Waals surface area contributed by atoms with Crippen LogP contribution in [0, 0.1) is 17.3 Å². The minimum absolute atomic E-state index is 0.00172. The van der Waals surface area contributed by atoms with Crippen LogP contribution in [0.1, 0.15) is 280 Å². The second-order valence-electron chi connectivity index (χ2n) is 21.9. The van der Waals surface area contributed by atoms with Crippen molar-refractivity contribution in [1.29, 1.82) is 0 Å². The Hall–Kier alpha value is -2.73. The van der Waals surface area contributed by atoms with Gasteiger partial charge in [-0.2, -0.15) is 0 Å². The summed E-state index contributed by atoms with van der Waals surface area (Å²) >= 11 is 0. The Labute approximate surface area is 443 Å². The van der Waals surface area contributed by atoms with Crippen LogP contribution in [0.5, 0.6) is 0 Å². The van der Waals surface area contributed by atoms with Crippen molar-refractivity contribution in [2.45, 2.75) is 292 Å². The zero-order valence-electron chi connectivity index (χ0n) is 48.3. The Kier molecular flexibility index (Phi) is 47.3. The number of esters is 1. The summed E-state index contributed by atoms with van der Waals surface area (Å²) in [6.45, 7) is 17.3. The van der Waals surface area contributed by atoms with E-state index in [2.05, 4.69) is 42.0 Å². The van der Waals surface area contributed by atoms with Crippen LogP contribution in [-0.4, -0.2) is 88.3 Å². The molecule has 0 spiro atoms. The van der Waals surface area contributed by atoms with Crippen molar-refractivity contribution in [1.82, 2.24) is 21.3 Å². The van der Waals surface area contributed by atoms with E-state index in [9.17, 15) is 24.0 Å². The molecular weight excluding hydrogens is 905 g/mol. The van der Waals surface area contributed by atoms with E-state index in [1.807, 2.05) is 27.7 Å². The minimum atomic E-state index is -0.816. The van der Waals surface area contributed by atoms with E-state index in [1.165, 1.54) is 148 Å². The van der Waals surface area contributed by atoms with Crippen molar-refractivity contribution in [3.8, 4) is 0 Å². The molecule has 4 amide bonds. The molecule has 4 N–H and O–H groups in total. The van der Waals surface area contributed by atoms with Crippen molar-refractivity contribution in [3.63, 3.8) is 0 Å². The van der Waals surface area contributed by atoms with Crippen LogP contribution in [0.3, 0.4) is 0 Å². The lowest BCUT2D eigenvalue weighted by atomic mass is 9.86. The van der Waals surface area contributed by atoms with E-state index >= 15 is 0 Å². The maximum Gasteiger partial charge on any atom is 0.328 e. The van der Waals surface area contributed by atoms with Gasteiger partial charge in [0.1, 0.15) is 6.04 Å². The molecule has 0 bridgehead atoms. The Morgan fingerprint density at radius 1 is 0.500 bits per heavy atom. The third-order valence-corrected chi connectivity index (χ3v) is 14.6. The van der Waals surface area contributed by atoms with Gasteiger partial charge in [-0.25, -0.2) is 4.79 Å². The van der Waals surface area contributed by atoms with Crippen LogP contribution < -0.4 is 21.3 Å². The molecule has 0 saturated heterocycles. The van der Waals surface area contributed by atoms with Crippen LogP contribution >= 0.6 is 0 Å². The van der Waals surface area contributed by atoms with Gasteiger partial charge in [-0.05, 0) is 77.6 Å². The largest absolute Gasteiger partial charge is 0.467 e. The quantitative estimate of drug-likeness (QED) is 0.0346. The summed E-state index contributed by atoms with van der Waals surface area (Å²) in [6, 6.07) is -0.778. The minimum Gasteiger partial charge on any atom is -0.467 e. The second-order valence-corrected chi connectivity index (χ2v) is 21.9. The number of nitrogens with one attached hydrogen (secondary N) is 4. The monoisotopic (exact) mass is 1020 g/mol. The summed E-state index contributed by atoms with van der Waals surface area (Å²) in [5.74, 6) is -0.589. The Morgan fingerprint density at radius 3 is 1.36 bits per heavy atom. The number of carbonyl (C=O) groups excluding carboxylic acids is 5. The van der Waals surface area contributed by atoms with Crippen LogP contribution in [0.25, 0.3) is 0 Å². The molecule has 0 aliphatic carbocycles. The summed E-state index contributed by atoms with van der Waals surface area (Å²) < 4.78 is 16.7. The molecule has 12 nitrogen and oxygen atoms in total. The van der Waals surface area contributed by atoms with Gasteiger partial charge in [0, 0.05) is 63.6 Å². The molecule has 0 aromatic rings. The lowest BCUT2D eigenvalue weighted by molar-refractivity contribution is -0.146. The molecule has 0 rings (SSSR count). The number of amides is 4. The van der Waals surface area contributed by atoms with Crippen molar-refractivity contribution in [2.75, 3.05) is 46.6 Å². The molecule has 0 aliphatic rings. The molecule has 0 aliphatic heterocycles. The fourth-order valence-electron chi connectivity index (χ4n) is 9.30. The van der Waals surface area contributed by atoms with Crippen LogP contribution in [0.2, 0.25) is 0 Å². The highest BCUT2D eigenvalue weighted by Gasteiger charge is 2.32. The van der Waals surface area contributed by atoms with Gasteiger partial charge in [-0.3, -0.25) is 19.2 Å². The van der Waals surface area contributed by atoms with Crippen molar-refractivity contribution >= 4 is 29.6 Å². The van der Waals surface area contributed by atoms with E-state index in [1.54, 1.807) is 0 Å². The second kappa shape index (κ2) is 49.2. The first-order valence-electron chi connectivity index (χ1n) is 30.2. The SMILES string of the molecule is CCCCCCCCCCCCCCCC(=O)NCCCCC(NC(=O)C(C)(C)CCOC(C)CNC(=O)C(CCCCNC(=O)CCCCCCCCCCCCCCC)C(C)CCOCC)C(=O)OC. The third-order valence-electron chi connectivity index (χ3n) is 14.6. The molecule has 424 valence electrons. The number of hydrogen-bond acceptors (Lipinski definition) is 8. The highest BCUT2D eigenvalue weighted by atomic mass is 16.5. The number of rotatable bonds is 53. The van der Waals surface area contributed by atoms with Crippen molar-refractivity contribution < 1.29 is 38.2 Å². The molecule has 0 saturated carbocycles. The van der Waals surface area contributed by atoms with E-state index in [4.69, 9.17) is 14.2 Å². The van der Waals surface area contributed by atoms with E-state index in [0.717, 1.165) is 51.4 Å². The first-order valence-corrected chi connectivity index (χ1v) is 30.2. The lowest BCUT2D eigenvalue weighted by Gasteiger charge is -2.27. The molecule has 0 radical (unpaired) electrons. The predicted octanol–water partition coefficient (Wildman–Crippen LogP) is 13.8. The maximum atomic E-state index is 13.6. The van der Waals surface area contributed by atoms with Gasteiger partial charge in [0.15, 0.2) is 0 Å². The zero-order chi connectivity index (χ0) is 53.3. The van der Waals surface area contributed by atoms with Gasteiger partial charge in [0.25, 0.3) is 0 Å². The number of hydrogen-bond donors (Lipinski definition) is 4. The smallest absolute Gasteiger partial charge is 0.328 e. The normalized spacial score (nSPS) is 13.3. The fourth-order valence-corrected chi connectivity index (χ4v) is 9.30. The Balaban J connectivity index is 4.49. The van der Waals surface area contributed by atoms with Gasteiger partial charge < -0.3 is 35.5 Å². The summed E-state index contributed by atoms with van der Waals surface area (Å²) in [5, 5.41) is 12.1. The first kappa shape index (κ1) is 69.3. The van der Waals surface area contributed by atoms with Gasteiger partial charge in [0.2, 0.25) is 23.6 Å². The number of ether oxygens (including phenoxy) is 3. The standard InChI is InChI=1S/C60H116N4O8/c1-9-12-14-16-18-20-22-24-26-28-30-32-34-42-55(65)61-46-38-36-40-53(51(4)44-48-71-11-3)57(67)63-50-52(5)72-49-45-60(6,7)59(69)64-54(58(68)70-8)41-37-39-47-62-56(66)43-35-33-31-29-27-25-23-21-19-17-15-13-10-2/h51-54H,9-50H2,1-8H3,(H,61,65)(H,62,66)(H,63,67)(H,64,69). The van der Waals surface area contributed by atoms with E-state index < -0.39 is 17.4 Å². The van der Waals surface area contributed by atoms with Crippen LogP contribution in [0.15, 0.2) is 0 Å². The first-order chi connectivity index (χ1) is 34.8. The predicted molar refractivity (Wildman–Crippen MR) is 299 cm³/mol. The highest BCUT2D eigenvalue weighted by molar-refractivity contribution is 5.87. The molecular formula is C60H116N4O8. The Bertz CT molecular complexity index is 1310. The molecule has 0 aromatic carbocycles. The zero-order valence-corrected chi connectivity index (χ0v) is 48.3. The van der Waals surface area contributed by atoms with Crippen LogP contribution in [0.4, 0.5) is 0 Å². The van der Waals surface area contributed by atoms with Crippen molar-refractivity contribution in [3.05, 3.63) is 0 Å². The number of methoxy groups -OCH3 is 1. The van der Waals surface area contributed by atoms with Gasteiger partial charge in [-0.15, -0.1) is 0 Å². The molecule has 0 fully saturated rings. The molecule has 4 atom stereocenters.